The van der Waals surface area contributed by atoms with Gasteiger partial charge in [0.2, 0.25) is 0 Å². The van der Waals surface area contributed by atoms with E-state index >= 15 is 0 Å². The van der Waals surface area contributed by atoms with Gasteiger partial charge < -0.3 is 4.74 Å². The van der Waals surface area contributed by atoms with Gasteiger partial charge in [-0.05, 0) is 50.3 Å². The molecule has 1 aromatic carbocycles. The van der Waals surface area contributed by atoms with E-state index in [0.29, 0.717) is 12.1 Å². The monoisotopic (exact) mass is 305 g/mol. The number of halogens is 1. The summed E-state index contributed by atoms with van der Waals surface area (Å²) in [6, 6.07) is 8.20. The van der Waals surface area contributed by atoms with Gasteiger partial charge in [-0.1, -0.05) is 37.5 Å². The highest BCUT2D eigenvalue weighted by Crippen LogP contribution is 2.31. The Balaban J connectivity index is 1.79. The highest BCUT2D eigenvalue weighted by atomic mass is 19.1. The van der Waals surface area contributed by atoms with E-state index in [-0.39, 0.29) is 11.9 Å². The van der Waals surface area contributed by atoms with Gasteiger partial charge in [-0.25, -0.2) is 4.39 Å². The molecule has 2 aliphatic rings. The minimum atomic E-state index is -0.0773. The molecule has 1 aromatic rings. The van der Waals surface area contributed by atoms with Crippen molar-refractivity contribution in [3.05, 3.63) is 35.6 Å². The van der Waals surface area contributed by atoms with E-state index in [0.717, 1.165) is 24.9 Å². The van der Waals surface area contributed by atoms with Crippen LogP contribution in [0.4, 0.5) is 4.39 Å². The van der Waals surface area contributed by atoms with Crippen LogP contribution in [0.2, 0.25) is 0 Å². The topological polar surface area (TPSA) is 12.5 Å². The largest absolute Gasteiger partial charge is 0.380 e. The first-order valence-electron chi connectivity index (χ1n) is 8.81. The normalized spacial score (nSPS) is 27.9. The Bertz CT molecular complexity index is 472. The van der Waals surface area contributed by atoms with Gasteiger partial charge in [0.25, 0.3) is 0 Å². The van der Waals surface area contributed by atoms with Gasteiger partial charge in [0.15, 0.2) is 0 Å². The summed E-state index contributed by atoms with van der Waals surface area (Å²) in [5.41, 5.74) is 0.831. The van der Waals surface area contributed by atoms with Crippen molar-refractivity contribution < 1.29 is 9.13 Å². The molecule has 3 rings (SSSR count). The standard InChI is InChI=1S/C19H28FNO/c1-22-19-12-7-13-21(16-9-3-2-4-10-16)18(19)14-15-8-5-6-11-17(15)20/h5-6,8,11,16,18-19H,2-4,7,9-10,12-14H2,1H3/t18-,19-/m0/s1. The second-order valence-corrected chi connectivity index (χ2v) is 6.81. The number of methoxy groups -OCH3 is 1. The number of rotatable bonds is 4. The third-order valence-electron chi connectivity index (χ3n) is 5.49. The van der Waals surface area contributed by atoms with Crippen molar-refractivity contribution in [1.82, 2.24) is 4.90 Å². The highest BCUT2D eigenvalue weighted by molar-refractivity contribution is 5.19. The lowest BCUT2D eigenvalue weighted by Gasteiger charge is -2.46. The van der Waals surface area contributed by atoms with Gasteiger partial charge in [-0.2, -0.15) is 0 Å². The Morgan fingerprint density at radius 3 is 2.59 bits per heavy atom. The zero-order valence-corrected chi connectivity index (χ0v) is 13.6. The number of piperidine rings is 1. The fraction of sp³-hybridized carbons (Fsp3) is 0.684. The minimum Gasteiger partial charge on any atom is -0.380 e. The summed E-state index contributed by atoms with van der Waals surface area (Å²) in [6.45, 7) is 1.14. The summed E-state index contributed by atoms with van der Waals surface area (Å²) < 4.78 is 19.9. The molecule has 0 spiro atoms. The molecule has 0 N–H and O–H groups in total. The van der Waals surface area contributed by atoms with E-state index in [1.165, 1.54) is 38.5 Å². The average Bonchev–Trinajstić information content (AvgIpc) is 2.58. The lowest BCUT2D eigenvalue weighted by molar-refractivity contribution is -0.0425. The van der Waals surface area contributed by atoms with E-state index in [1.54, 1.807) is 12.1 Å². The number of benzene rings is 1. The van der Waals surface area contributed by atoms with Crippen LogP contribution >= 0.6 is 0 Å². The molecule has 1 saturated carbocycles. The molecule has 2 fully saturated rings. The van der Waals surface area contributed by atoms with Crippen molar-refractivity contribution in [2.75, 3.05) is 13.7 Å². The first-order valence-corrected chi connectivity index (χ1v) is 8.81. The maximum Gasteiger partial charge on any atom is 0.126 e. The van der Waals surface area contributed by atoms with Crippen LogP contribution in [-0.2, 0) is 11.2 Å². The van der Waals surface area contributed by atoms with Crippen LogP contribution < -0.4 is 0 Å². The average molecular weight is 305 g/mol. The molecule has 22 heavy (non-hydrogen) atoms. The Labute approximate surface area is 133 Å². The smallest absolute Gasteiger partial charge is 0.126 e. The summed E-state index contributed by atoms with van der Waals surface area (Å²) in [4.78, 5) is 2.64. The maximum atomic E-state index is 14.1. The fourth-order valence-electron chi connectivity index (χ4n) is 4.33. The van der Waals surface area contributed by atoms with Crippen LogP contribution in [0, 0.1) is 5.82 Å². The molecule has 1 heterocycles. The number of hydrogen-bond donors (Lipinski definition) is 0. The Kier molecular flexibility index (Phi) is 5.48. The van der Waals surface area contributed by atoms with Crippen LogP contribution in [0.5, 0.6) is 0 Å². The molecule has 0 unspecified atom stereocenters. The molecule has 0 bridgehead atoms. The van der Waals surface area contributed by atoms with Crippen LogP contribution in [-0.4, -0.2) is 36.7 Å². The summed E-state index contributed by atoms with van der Waals surface area (Å²) in [7, 11) is 1.81. The predicted octanol–water partition coefficient (Wildman–Crippen LogP) is 4.18. The van der Waals surface area contributed by atoms with Crippen molar-refractivity contribution in [3.63, 3.8) is 0 Å². The quantitative estimate of drug-likeness (QED) is 0.827. The number of hydrogen-bond acceptors (Lipinski definition) is 2. The van der Waals surface area contributed by atoms with E-state index in [1.807, 2.05) is 19.2 Å². The molecule has 1 aliphatic carbocycles. The summed E-state index contributed by atoms with van der Waals surface area (Å²) in [5, 5.41) is 0. The van der Waals surface area contributed by atoms with E-state index in [2.05, 4.69) is 4.90 Å². The molecule has 2 atom stereocenters. The first kappa shape index (κ1) is 15.9. The zero-order valence-electron chi connectivity index (χ0n) is 13.6. The van der Waals surface area contributed by atoms with Crippen LogP contribution in [0.1, 0.15) is 50.5 Å². The van der Waals surface area contributed by atoms with E-state index in [4.69, 9.17) is 4.74 Å². The molecular formula is C19H28FNO. The number of nitrogens with zero attached hydrogens (tertiary/aromatic N) is 1. The number of likely N-dealkylation sites (tertiary alicyclic amines) is 1. The Hall–Kier alpha value is -0.930. The molecule has 0 aromatic heterocycles. The fourth-order valence-corrected chi connectivity index (χ4v) is 4.33. The van der Waals surface area contributed by atoms with Gasteiger partial charge in [0, 0.05) is 19.2 Å². The van der Waals surface area contributed by atoms with Crippen molar-refractivity contribution in [1.29, 1.82) is 0 Å². The second-order valence-electron chi connectivity index (χ2n) is 6.81. The molecule has 0 amide bonds. The van der Waals surface area contributed by atoms with Gasteiger partial charge in [-0.3, -0.25) is 4.90 Å². The summed E-state index contributed by atoms with van der Waals surface area (Å²) in [5.74, 6) is -0.0773. The molecule has 122 valence electrons. The third-order valence-corrected chi connectivity index (χ3v) is 5.49. The minimum absolute atomic E-state index is 0.0773. The molecule has 0 radical (unpaired) electrons. The van der Waals surface area contributed by atoms with Crippen LogP contribution in [0.15, 0.2) is 24.3 Å². The molecule has 3 heteroatoms. The van der Waals surface area contributed by atoms with E-state index in [9.17, 15) is 4.39 Å². The predicted molar refractivity (Wildman–Crippen MR) is 87.5 cm³/mol. The van der Waals surface area contributed by atoms with Crippen LogP contribution in [0.25, 0.3) is 0 Å². The van der Waals surface area contributed by atoms with Crippen molar-refractivity contribution >= 4 is 0 Å². The van der Waals surface area contributed by atoms with Crippen molar-refractivity contribution in [2.24, 2.45) is 0 Å². The van der Waals surface area contributed by atoms with Crippen molar-refractivity contribution in [2.45, 2.75) is 69.6 Å². The SMILES string of the molecule is CO[C@H]1CCCN(C2CCCCC2)[C@H]1Cc1ccccc1F. The first-order chi connectivity index (χ1) is 10.8. The zero-order chi connectivity index (χ0) is 15.4. The lowest BCUT2D eigenvalue weighted by Crippen LogP contribution is -2.54. The molecular weight excluding hydrogens is 277 g/mol. The van der Waals surface area contributed by atoms with Gasteiger partial charge >= 0.3 is 0 Å². The second kappa shape index (κ2) is 7.56. The molecule has 2 nitrogen and oxygen atoms in total. The third kappa shape index (κ3) is 3.52. The van der Waals surface area contributed by atoms with Gasteiger partial charge in [0.1, 0.15) is 5.82 Å². The highest BCUT2D eigenvalue weighted by Gasteiger charge is 2.36. The maximum absolute atomic E-state index is 14.1. The Morgan fingerprint density at radius 1 is 1.09 bits per heavy atom. The van der Waals surface area contributed by atoms with Gasteiger partial charge in [0.05, 0.1) is 6.10 Å². The molecule has 1 saturated heterocycles. The van der Waals surface area contributed by atoms with Crippen molar-refractivity contribution in [3.8, 4) is 0 Å². The lowest BCUT2D eigenvalue weighted by atomic mass is 9.87. The van der Waals surface area contributed by atoms with E-state index < -0.39 is 0 Å². The van der Waals surface area contributed by atoms with Crippen LogP contribution in [0.3, 0.4) is 0 Å². The summed E-state index contributed by atoms with van der Waals surface area (Å²) in [6.07, 6.45) is 9.93. The molecule has 1 aliphatic heterocycles. The summed E-state index contributed by atoms with van der Waals surface area (Å²) >= 11 is 0. The Morgan fingerprint density at radius 2 is 1.86 bits per heavy atom. The number of ether oxygens (including phenoxy) is 1. The van der Waals surface area contributed by atoms with Gasteiger partial charge in [-0.15, -0.1) is 0 Å².